The summed E-state index contributed by atoms with van der Waals surface area (Å²) in [6.45, 7) is 4.51. The smallest absolute Gasteiger partial charge is 0.306 e. The van der Waals surface area contributed by atoms with Crippen molar-refractivity contribution in [3.05, 3.63) is 12.2 Å². The van der Waals surface area contributed by atoms with Gasteiger partial charge in [-0.3, -0.25) is 9.59 Å². The Kier molecular flexibility index (Phi) is 35.1. The summed E-state index contributed by atoms with van der Waals surface area (Å²) in [7, 11) is 0. The monoisotopic (exact) mass is 621 g/mol. The third-order valence-electron chi connectivity index (χ3n) is 8.99. The molecule has 4 heteroatoms. The van der Waals surface area contributed by atoms with Gasteiger partial charge < -0.3 is 9.84 Å². The maximum absolute atomic E-state index is 12.5. The Labute approximate surface area is 275 Å². The van der Waals surface area contributed by atoms with Gasteiger partial charge in [0.15, 0.2) is 0 Å². The van der Waals surface area contributed by atoms with Gasteiger partial charge >= 0.3 is 11.9 Å². The van der Waals surface area contributed by atoms with Crippen LogP contribution in [0.3, 0.4) is 0 Å². The molecule has 1 atom stereocenters. The van der Waals surface area contributed by atoms with Gasteiger partial charge in [-0.25, -0.2) is 0 Å². The van der Waals surface area contributed by atoms with Gasteiger partial charge in [0.25, 0.3) is 0 Å². The van der Waals surface area contributed by atoms with Gasteiger partial charge in [0.2, 0.25) is 0 Å². The quantitative estimate of drug-likeness (QED) is 0.0430. The Bertz CT molecular complexity index is 629. The van der Waals surface area contributed by atoms with Gasteiger partial charge in [-0.2, -0.15) is 0 Å². The minimum atomic E-state index is -0.672. The minimum Gasteiger partial charge on any atom is -0.481 e. The molecule has 44 heavy (non-hydrogen) atoms. The number of unbranched alkanes of at least 4 members (excludes halogenated alkanes) is 25. The van der Waals surface area contributed by atoms with Crippen LogP contribution in [-0.2, 0) is 14.3 Å². The third-order valence-corrected chi connectivity index (χ3v) is 8.99. The number of esters is 1. The fraction of sp³-hybridized carbons (Fsp3) is 0.900. The first kappa shape index (κ1) is 42.7. The van der Waals surface area contributed by atoms with Crippen LogP contribution in [0.5, 0.6) is 0 Å². The van der Waals surface area contributed by atoms with Gasteiger partial charge in [0.1, 0.15) is 6.10 Å². The highest BCUT2D eigenvalue weighted by Crippen LogP contribution is 2.18. The van der Waals surface area contributed by atoms with Crippen LogP contribution in [0.1, 0.15) is 226 Å². The van der Waals surface area contributed by atoms with Crippen LogP contribution in [0.2, 0.25) is 0 Å². The highest BCUT2D eigenvalue weighted by atomic mass is 16.5. The lowest BCUT2D eigenvalue weighted by Crippen LogP contribution is -2.18. The van der Waals surface area contributed by atoms with Crippen LogP contribution >= 0.6 is 0 Å². The predicted octanol–water partition coefficient (Wildman–Crippen LogP) is 13.5. The van der Waals surface area contributed by atoms with Crippen molar-refractivity contribution in [2.24, 2.45) is 0 Å². The molecule has 0 rings (SSSR count). The molecule has 0 aliphatic heterocycles. The first-order valence-corrected chi connectivity index (χ1v) is 19.7. The number of hydrogen-bond donors (Lipinski definition) is 1. The zero-order valence-corrected chi connectivity index (χ0v) is 29.7. The Morgan fingerprint density at radius 1 is 0.477 bits per heavy atom. The molecule has 0 heterocycles. The lowest BCUT2D eigenvalue weighted by atomic mass is 10.0. The fourth-order valence-electron chi connectivity index (χ4n) is 6.06. The number of rotatable bonds is 36. The van der Waals surface area contributed by atoms with Crippen molar-refractivity contribution in [1.82, 2.24) is 0 Å². The summed E-state index contributed by atoms with van der Waals surface area (Å²) in [5, 5.41) is 8.68. The van der Waals surface area contributed by atoms with Crippen molar-refractivity contribution in [2.75, 3.05) is 0 Å². The Morgan fingerprint density at radius 2 is 0.818 bits per heavy atom. The SMILES string of the molecule is CCCCCCCC/C=C\CCCCCCCCCC(=O)OC(CCCCC)CCCCCCCCCCCCCC(=O)O. The van der Waals surface area contributed by atoms with Crippen molar-refractivity contribution in [2.45, 2.75) is 232 Å². The first-order valence-electron chi connectivity index (χ1n) is 19.7. The average molecular weight is 621 g/mol. The van der Waals surface area contributed by atoms with E-state index in [1.54, 1.807) is 0 Å². The second-order valence-electron chi connectivity index (χ2n) is 13.5. The third kappa shape index (κ3) is 35.2. The van der Waals surface area contributed by atoms with E-state index in [-0.39, 0.29) is 12.1 Å². The number of allylic oxidation sites excluding steroid dienone is 2. The fourth-order valence-corrected chi connectivity index (χ4v) is 6.06. The molecule has 0 saturated heterocycles. The van der Waals surface area contributed by atoms with E-state index in [1.807, 2.05) is 0 Å². The lowest BCUT2D eigenvalue weighted by Gasteiger charge is -2.18. The van der Waals surface area contributed by atoms with Crippen molar-refractivity contribution < 1.29 is 19.4 Å². The summed E-state index contributed by atoms with van der Waals surface area (Å²) in [5.74, 6) is -0.642. The maximum atomic E-state index is 12.5. The summed E-state index contributed by atoms with van der Waals surface area (Å²) >= 11 is 0. The number of carboxylic acid groups (broad SMARTS) is 1. The Hall–Kier alpha value is -1.32. The van der Waals surface area contributed by atoms with Gasteiger partial charge in [0, 0.05) is 12.8 Å². The van der Waals surface area contributed by atoms with E-state index in [2.05, 4.69) is 26.0 Å². The molecule has 0 aliphatic carbocycles. The molecule has 4 nitrogen and oxygen atoms in total. The van der Waals surface area contributed by atoms with Crippen molar-refractivity contribution in [3.63, 3.8) is 0 Å². The molecule has 1 unspecified atom stereocenters. The summed E-state index contributed by atoms with van der Waals surface area (Å²) in [6, 6.07) is 0. The van der Waals surface area contributed by atoms with Crippen molar-refractivity contribution in [1.29, 1.82) is 0 Å². The van der Waals surface area contributed by atoms with E-state index in [9.17, 15) is 9.59 Å². The van der Waals surface area contributed by atoms with E-state index in [4.69, 9.17) is 9.84 Å². The number of carbonyl (C=O) groups excluding carboxylic acids is 1. The number of ether oxygens (including phenoxy) is 1. The van der Waals surface area contributed by atoms with Crippen LogP contribution in [0.25, 0.3) is 0 Å². The summed E-state index contributed by atoms with van der Waals surface area (Å²) < 4.78 is 5.96. The van der Waals surface area contributed by atoms with Gasteiger partial charge in [-0.1, -0.05) is 161 Å². The van der Waals surface area contributed by atoms with E-state index < -0.39 is 5.97 Å². The molecule has 0 bridgehead atoms. The zero-order chi connectivity index (χ0) is 32.2. The number of aliphatic carboxylic acids is 1. The molecule has 0 aromatic heterocycles. The highest BCUT2D eigenvalue weighted by molar-refractivity contribution is 5.69. The summed E-state index contributed by atoms with van der Waals surface area (Å²) in [6.07, 6.45) is 44.1. The van der Waals surface area contributed by atoms with Gasteiger partial charge in [-0.15, -0.1) is 0 Å². The second kappa shape index (κ2) is 36.2. The molecule has 0 spiro atoms. The molecule has 1 N–H and O–H groups in total. The molecular formula is C40H76O4. The first-order chi connectivity index (χ1) is 21.6. The minimum absolute atomic E-state index is 0.0298. The van der Waals surface area contributed by atoms with Gasteiger partial charge in [-0.05, 0) is 64.2 Å². The average Bonchev–Trinajstić information content (AvgIpc) is 3.00. The van der Waals surface area contributed by atoms with E-state index in [1.165, 1.54) is 161 Å². The Morgan fingerprint density at radius 3 is 1.27 bits per heavy atom. The van der Waals surface area contributed by atoms with E-state index in [0.29, 0.717) is 12.8 Å². The summed E-state index contributed by atoms with van der Waals surface area (Å²) in [5.41, 5.74) is 0. The van der Waals surface area contributed by atoms with Crippen LogP contribution in [-0.4, -0.2) is 23.1 Å². The van der Waals surface area contributed by atoms with E-state index in [0.717, 1.165) is 38.5 Å². The molecule has 0 amide bonds. The highest BCUT2D eigenvalue weighted by Gasteiger charge is 2.14. The molecule has 260 valence electrons. The lowest BCUT2D eigenvalue weighted by molar-refractivity contribution is -0.150. The largest absolute Gasteiger partial charge is 0.481 e. The topological polar surface area (TPSA) is 63.6 Å². The molecule has 0 aromatic carbocycles. The molecule has 0 saturated carbocycles. The number of carbonyl (C=O) groups is 2. The molecule has 0 radical (unpaired) electrons. The molecule has 0 aliphatic rings. The van der Waals surface area contributed by atoms with E-state index >= 15 is 0 Å². The van der Waals surface area contributed by atoms with Crippen LogP contribution in [0, 0.1) is 0 Å². The second-order valence-corrected chi connectivity index (χ2v) is 13.5. The molecular weight excluding hydrogens is 544 g/mol. The molecule has 0 fully saturated rings. The number of carboxylic acids is 1. The van der Waals surface area contributed by atoms with Crippen LogP contribution < -0.4 is 0 Å². The van der Waals surface area contributed by atoms with Crippen molar-refractivity contribution >= 4 is 11.9 Å². The number of hydrogen-bond acceptors (Lipinski definition) is 3. The van der Waals surface area contributed by atoms with Crippen molar-refractivity contribution in [3.8, 4) is 0 Å². The zero-order valence-electron chi connectivity index (χ0n) is 29.7. The Balaban J connectivity index is 3.70. The normalized spacial score (nSPS) is 12.2. The predicted molar refractivity (Wildman–Crippen MR) is 190 cm³/mol. The molecule has 0 aromatic rings. The standard InChI is InChI=1S/C40H76O4/c1-3-5-7-8-9-10-11-12-13-14-15-16-20-23-26-29-33-37-40(43)44-38(34-30-6-4-2)35-31-27-24-21-18-17-19-22-25-28-32-36-39(41)42/h12-13,38H,3-11,14-37H2,1-2H3,(H,41,42)/b13-12-. The van der Waals surface area contributed by atoms with Crippen LogP contribution in [0.15, 0.2) is 12.2 Å². The maximum Gasteiger partial charge on any atom is 0.306 e. The summed E-state index contributed by atoms with van der Waals surface area (Å²) in [4.78, 5) is 23.1. The van der Waals surface area contributed by atoms with Crippen LogP contribution in [0.4, 0.5) is 0 Å². The van der Waals surface area contributed by atoms with Gasteiger partial charge in [0.05, 0.1) is 0 Å².